The van der Waals surface area contributed by atoms with Crippen molar-refractivity contribution < 1.29 is 14.3 Å². The lowest BCUT2D eigenvalue weighted by Crippen LogP contribution is -2.42. The van der Waals surface area contributed by atoms with E-state index in [0.717, 1.165) is 0 Å². The van der Waals surface area contributed by atoms with Gasteiger partial charge in [-0.25, -0.2) is 9.79 Å². The van der Waals surface area contributed by atoms with Gasteiger partial charge in [-0.1, -0.05) is 20.8 Å². The van der Waals surface area contributed by atoms with Gasteiger partial charge in [0.05, 0.1) is 18.4 Å². The molecule has 0 aromatic carbocycles. The Labute approximate surface area is 151 Å². The number of hydrogen-bond acceptors (Lipinski definition) is 7. The van der Waals surface area contributed by atoms with Crippen LogP contribution >= 0.6 is 0 Å². The van der Waals surface area contributed by atoms with Gasteiger partial charge in [0.2, 0.25) is 11.9 Å². The molecule has 1 aromatic heterocycles. The molecule has 1 aromatic rings. The van der Waals surface area contributed by atoms with E-state index in [1.54, 1.807) is 20.8 Å². The first-order chi connectivity index (χ1) is 11.9. The maximum absolute atomic E-state index is 12.4. The minimum atomic E-state index is -0.691. The van der Waals surface area contributed by atoms with Crippen LogP contribution in [0.4, 0.5) is 17.5 Å². The number of amides is 1. The zero-order chi connectivity index (χ0) is 19.7. The van der Waals surface area contributed by atoms with Gasteiger partial charge >= 0.3 is 5.97 Å². The number of aromatic nitrogens is 2. The van der Waals surface area contributed by atoms with Crippen LogP contribution in [0.1, 0.15) is 34.6 Å². The van der Waals surface area contributed by atoms with Gasteiger partial charge in [0, 0.05) is 11.5 Å². The van der Waals surface area contributed by atoms with Crippen molar-refractivity contribution in [1.82, 2.24) is 9.97 Å². The highest BCUT2D eigenvalue weighted by Gasteiger charge is 2.31. The Morgan fingerprint density at radius 3 is 2.50 bits per heavy atom. The average molecular weight is 361 g/mol. The highest BCUT2D eigenvalue weighted by atomic mass is 16.5. The first-order valence-electron chi connectivity index (χ1n) is 8.03. The van der Waals surface area contributed by atoms with Gasteiger partial charge in [0.1, 0.15) is 0 Å². The number of aliphatic imine (C=N–C) groups is 1. The number of fused-ring (bicyclic) bond motifs is 1. The van der Waals surface area contributed by atoms with Crippen molar-refractivity contribution in [1.29, 1.82) is 0 Å². The minimum Gasteiger partial charge on any atom is -0.466 e. The molecule has 0 unspecified atom stereocenters. The zero-order valence-corrected chi connectivity index (χ0v) is 15.7. The Bertz CT molecular complexity index is 859. The summed E-state index contributed by atoms with van der Waals surface area (Å²) < 4.78 is 4.56. The molecule has 1 aliphatic heterocycles. The third kappa shape index (κ3) is 4.16. The summed E-state index contributed by atoms with van der Waals surface area (Å²) in [6, 6.07) is 0. The summed E-state index contributed by atoms with van der Waals surface area (Å²) in [4.78, 5) is 46.8. The minimum absolute atomic E-state index is 0.0423. The molecule has 1 aliphatic rings. The van der Waals surface area contributed by atoms with Crippen LogP contribution in [-0.4, -0.2) is 40.2 Å². The summed E-state index contributed by atoms with van der Waals surface area (Å²) in [5.74, 6) is -0.513. The van der Waals surface area contributed by atoms with Crippen molar-refractivity contribution in [3.05, 3.63) is 22.5 Å². The van der Waals surface area contributed by atoms with Crippen LogP contribution in [0.5, 0.6) is 0 Å². The fourth-order valence-electron chi connectivity index (χ4n) is 2.09. The number of nitrogens with zero attached hydrogens (tertiary/aromatic N) is 2. The lowest BCUT2D eigenvalue weighted by molar-refractivity contribution is -0.134. The van der Waals surface area contributed by atoms with Crippen LogP contribution < -0.4 is 16.2 Å². The number of esters is 1. The molecule has 9 nitrogen and oxygen atoms in total. The Kier molecular flexibility index (Phi) is 5.02. The molecule has 2 rings (SSSR count). The molecule has 0 aliphatic carbocycles. The molecule has 3 N–H and O–H groups in total. The van der Waals surface area contributed by atoms with Crippen molar-refractivity contribution in [3.63, 3.8) is 0 Å². The number of anilines is 2. The van der Waals surface area contributed by atoms with Crippen LogP contribution in [-0.2, 0) is 14.3 Å². The molecule has 0 atom stereocenters. The maximum atomic E-state index is 12.4. The van der Waals surface area contributed by atoms with E-state index < -0.39 is 22.5 Å². The van der Waals surface area contributed by atoms with E-state index in [4.69, 9.17) is 0 Å². The number of nitrogens with one attached hydrogen (secondary N) is 3. The standard InChI is InChI=1S/C17H23N5O4/c1-16(2,3)14(25)21-15-19-12-11(13(24)20-15)18-9(17(4,5)22-12)7-8-10(23)26-6/h7-8H,1-6H3,(H3,19,20,21,22,24,25)/b8-7+. The van der Waals surface area contributed by atoms with Crippen molar-refractivity contribution in [2.45, 2.75) is 40.2 Å². The second-order valence-electron chi connectivity index (χ2n) is 7.42. The average Bonchev–Trinajstić information content (AvgIpc) is 2.51. The summed E-state index contributed by atoms with van der Waals surface area (Å²) in [7, 11) is 1.27. The summed E-state index contributed by atoms with van der Waals surface area (Å²) in [6.45, 7) is 8.92. The molecular formula is C17H23N5O4. The fraction of sp³-hybridized carbons (Fsp3) is 0.471. The van der Waals surface area contributed by atoms with Crippen LogP contribution in [0, 0.1) is 5.41 Å². The maximum Gasteiger partial charge on any atom is 0.330 e. The zero-order valence-electron chi connectivity index (χ0n) is 15.7. The van der Waals surface area contributed by atoms with Crippen molar-refractivity contribution in [3.8, 4) is 0 Å². The lowest BCUT2D eigenvalue weighted by atomic mass is 9.95. The number of carbonyl (C=O) groups is 2. The number of methoxy groups -OCH3 is 1. The van der Waals surface area contributed by atoms with Crippen LogP contribution in [0.3, 0.4) is 0 Å². The molecule has 0 bridgehead atoms. The molecule has 140 valence electrons. The Morgan fingerprint density at radius 1 is 1.27 bits per heavy atom. The van der Waals surface area contributed by atoms with E-state index in [1.165, 1.54) is 19.3 Å². The highest BCUT2D eigenvalue weighted by molar-refractivity contribution is 6.09. The van der Waals surface area contributed by atoms with Crippen molar-refractivity contribution in [2.75, 3.05) is 17.7 Å². The van der Waals surface area contributed by atoms with E-state index in [9.17, 15) is 14.4 Å². The molecule has 0 spiro atoms. The normalized spacial score (nSPS) is 15.7. The summed E-state index contributed by atoms with van der Waals surface area (Å²) >= 11 is 0. The van der Waals surface area contributed by atoms with E-state index in [-0.39, 0.29) is 23.4 Å². The fourth-order valence-corrected chi connectivity index (χ4v) is 2.09. The summed E-state index contributed by atoms with van der Waals surface area (Å²) in [6.07, 6.45) is 2.71. The van der Waals surface area contributed by atoms with E-state index in [0.29, 0.717) is 5.71 Å². The molecule has 26 heavy (non-hydrogen) atoms. The van der Waals surface area contributed by atoms with Crippen LogP contribution in [0.25, 0.3) is 0 Å². The van der Waals surface area contributed by atoms with Gasteiger partial charge in [-0.05, 0) is 19.9 Å². The molecule has 0 saturated heterocycles. The molecule has 0 fully saturated rings. The monoisotopic (exact) mass is 361 g/mol. The highest BCUT2D eigenvalue weighted by Crippen LogP contribution is 2.30. The number of hydrogen-bond donors (Lipinski definition) is 3. The van der Waals surface area contributed by atoms with Gasteiger partial charge in [-0.15, -0.1) is 0 Å². The summed E-state index contributed by atoms with van der Waals surface area (Å²) in [5, 5.41) is 5.69. The van der Waals surface area contributed by atoms with Gasteiger partial charge in [0.25, 0.3) is 5.56 Å². The second-order valence-corrected chi connectivity index (χ2v) is 7.42. The molecule has 1 amide bonds. The topological polar surface area (TPSA) is 126 Å². The van der Waals surface area contributed by atoms with E-state index >= 15 is 0 Å². The molecular weight excluding hydrogens is 338 g/mol. The number of ether oxygens (including phenoxy) is 1. The number of H-pyrrole nitrogens is 1. The Balaban J connectivity index is 2.42. The Hall–Kier alpha value is -2.97. The smallest absolute Gasteiger partial charge is 0.330 e. The summed E-state index contributed by atoms with van der Waals surface area (Å²) in [5.41, 5.74) is -1.29. The van der Waals surface area contributed by atoms with Gasteiger partial charge in [0.15, 0.2) is 11.5 Å². The molecule has 2 heterocycles. The lowest BCUT2D eigenvalue weighted by Gasteiger charge is -2.31. The first-order valence-corrected chi connectivity index (χ1v) is 8.03. The quantitative estimate of drug-likeness (QED) is 0.556. The molecule has 0 radical (unpaired) electrons. The largest absolute Gasteiger partial charge is 0.466 e. The van der Waals surface area contributed by atoms with E-state index in [1.807, 2.05) is 13.8 Å². The third-order valence-electron chi connectivity index (χ3n) is 3.69. The molecule has 9 heteroatoms. The predicted molar refractivity (Wildman–Crippen MR) is 98.9 cm³/mol. The van der Waals surface area contributed by atoms with Gasteiger partial charge in [-0.3, -0.25) is 19.9 Å². The number of rotatable bonds is 3. The van der Waals surface area contributed by atoms with Gasteiger partial charge < -0.3 is 10.1 Å². The number of carbonyl (C=O) groups excluding carboxylic acids is 2. The van der Waals surface area contributed by atoms with E-state index in [2.05, 4.69) is 30.3 Å². The predicted octanol–water partition coefficient (Wildman–Crippen LogP) is 1.76. The van der Waals surface area contributed by atoms with Crippen LogP contribution in [0.15, 0.2) is 21.9 Å². The Morgan fingerprint density at radius 2 is 1.92 bits per heavy atom. The van der Waals surface area contributed by atoms with Crippen molar-refractivity contribution >= 4 is 35.0 Å². The SMILES string of the molecule is COC(=O)/C=C/C1=Nc2c(nc(NC(=O)C(C)(C)C)[nH]c2=O)NC1(C)C. The van der Waals surface area contributed by atoms with Crippen LogP contribution in [0.2, 0.25) is 0 Å². The van der Waals surface area contributed by atoms with Crippen molar-refractivity contribution in [2.24, 2.45) is 10.4 Å². The van der Waals surface area contributed by atoms with Gasteiger partial charge in [-0.2, -0.15) is 4.98 Å². The third-order valence-corrected chi connectivity index (χ3v) is 3.69. The number of aromatic amines is 1. The second kappa shape index (κ2) is 6.74. The molecule has 0 saturated carbocycles. The first kappa shape index (κ1) is 19.4.